The van der Waals surface area contributed by atoms with Crippen molar-refractivity contribution in [3.8, 4) is 0 Å². The molecule has 0 spiro atoms. The third kappa shape index (κ3) is 1.87. The first-order chi connectivity index (χ1) is 7.32. The van der Waals surface area contributed by atoms with E-state index in [1.807, 2.05) is 27.7 Å². The van der Waals surface area contributed by atoms with Gasteiger partial charge in [-0.1, -0.05) is 0 Å². The summed E-state index contributed by atoms with van der Waals surface area (Å²) in [7, 11) is 0. The number of carbonyl (C=O) groups is 1. The third-order valence-corrected chi connectivity index (χ3v) is 3.04. The highest BCUT2D eigenvalue weighted by atomic mass is 16.5. The molecule has 0 amide bonds. The van der Waals surface area contributed by atoms with E-state index in [0.29, 0.717) is 12.2 Å². The Morgan fingerprint density at radius 1 is 1.50 bits per heavy atom. The molecule has 0 radical (unpaired) electrons. The third-order valence-electron chi connectivity index (χ3n) is 3.04. The van der Waals surface area contributed by atoms with Crippen LogP contribution in [0.1, 0.15) is 44.7 Å². The lowest BCUT2D eigenvalue weighted by Gasteiger charge is -2.26. The van der Waals surface area contributed by atoms with Crippen LogP contribution in [0.15, 0.2) is 6.33 Å². The van der Waals surface area contributed by atoms with Gasteiger partial charge in [0.05, 0.1) is 17.1 Å². The monoisotopic (exact) mass is 223 g/mol. The summed E-state index contributed by atoms with van der Waals surface area (Å²) >= 11 is 0. The summed E-state index contributed by atoms with van der Waals surface area (Å²) in [5, 5.41) is 6.31. The summed E-state index contributed by atoms with van der Waals surface area (Å²) in [6, 6.07) is 0. The van der Waals surface area contributed by atoms with Crippen LogP contribution in [0.4, 0.5) is 0 Å². The van der Waals surface area contributed by atoms with Crippen LogP contribution in [-0.2, 0) is 4.74 Å². The molecule has 0 aliphatic carbocycles. The van der Waals surface area contributed by atoms with Gasteiger partial charge in [-0.2, -0.15) is 5.10 Å². The molecule has 1 aliphatic rings. The van der Waals surface area contributed by atoms with Gasteiger partial charge in [-0.05, 0) is 34.1 Å². The topological polar surface area (TPSA) is 67.9 Å². The Bertz CT molecular complexity index is 395. The average molecular weight is 223 g/mol. The second-order valence-corrected chi connectivity index (χ2v) is 5.42. The number of nitrogens with one attached hydrogen (secondary N) is 1. The minimum atomic E-state index is -0.451. The summed E-state index contributed by atoms with van der Waals surface area (Å²) in [6.45, 7) is 7.90. The Morgan fingerprint density at radius 2 is 2.19 bits per heavy atom. The molecular weight excluding hydrogens is 206 g/mol. The summed E-state index contributed by atoms with van der Waals surface area (Å²) in [6.07, 6.45) is 2.06. The first kappa shape index (κ1) is 11.3. The lowest BCUT2D eigenvalue weighted by atomic mass is 9.84. The molecule has 1 atom stereocenters. The van der Waals surface area contributed by atoms with Crippen molar-refractivity contribution in [3.05, 3.63) is 12.2 Å². The molecule has 1 aromatic heterocycles. The highest BCUT2D eigenvalue weighted by Gasteiger charge is 2.49. The number of ketones is 1. The molecule has 1 aromatic rings. The summed E-state index contributed by atoms with van der Waals surface area (Å²) in [5.41, 5.74) is -0.711. The van der Waals surface area contributed by atoms with Crippen LogP contribution in [0.2, 0.25) is 0 Å². The van der Waals surface area contributed by atoms with E-state index in [4.69, 9.17) is 4.74 Å². The maximum Gasteiger partial charge on any atom is 0.205 e. The summed E-state index contributed by atoms with van der Waals surface area (Å²) < 4.78 is 5.89. The average Bonchev–Trinajstić information content (AvgIpc) is 2.69. The van der Waals surface area contributed by atoms with E-state index in [0.717, 1.165) is 0 Å². The predicted octanol–water partition coefficient (Wildman–Crippen LogP) is 1.58. The minimum Gasteiger partial charge on any atom is -0.369 e. The molecule has 0 saturated carbocycles. The van der Waals surface area contributed by atoms with E-state index >= 15 is 0 Å². The molecule has 88 valence electrons. The van der Waals surface area contributed by atoms with E-state index in [1.54, 1.807) is 0 Å². The first-order valence-corrected chi connectivity index (χ1v) is 5.42. The zero-order valence-corrected chi connectivity index (χ0v) is 10.1. The Balaban J connectivity index is 2.25. The number of aromatic nitrogens is 3. The van der Waals surface area contributed by atoms with Crippen molar-refractivity contribution in [2.75, 3.05) is 0 Å². The number of nitrogens with zero attached hydrogens (tertiary/aromatic N) is 2. The fourth-order valence-corrected chi connectivity index (χ4v) is 2.46. The fraction of sp³-hybridized carbons (Fsp3) is 0.727. The largest absolute Gasteiger partial charge is 0.369 e. The van der Waals surface area contributed by atoms with E-state index in [2.05, 4.69) is 15.2 Å². The van der Waals surface area contributed by atoms with Crippen molar-refractivity contribution in [2.45, 2.75) is 45.3 Å². The molecule has 5 nitrogen and oxygen atoms in total. The van der Waals surface area contributed by atoms with Gasteiger partial charge < -0.3 is 4.74 Å². The van der Waals surface area contributed by atoms with Gasteiger partial charge in [0.1, 0.15) is 6.33 Å². The molecular formula is C11H17N3O2. The molecule has 16 heavy (non-hydrogen) atoms. The lowest BCUT2D eigenvalue weighted by molar-refractivity contribution is -0.0713. The second-order valence-electron chi connectivity index (χ2n) is 5.42. The number of hydrogen-bond acceptors (Lipinski definition) is 4. The van der Waals surface area contributed by atoms with Crippen LogP contribution in [0.25, 0.3) is 0 Å². The molecule has 5 heteroatoms. The number of H-pyrrole nitrogens is 1. The number of aromatic amines is 1. The highest BCUT2D eigenvalue weighted by molar-refractivity contribution is 5.95. The van der Waals surface area contributed by atoms with Gasteiger partial charge in [0.15, 0.2) is 5.82 Å². The number of rotatable bonds is 2. The quantitative estimate of drug-likeness (QED) is 0.773. The molecule has 2 heterocycles. The molecule has 0 aromatic carbocycles. The van der Waals surface area contributed by atoms with Crippen molar-refractivity contribution in [1.29, 1.82) is 0 Å². The first-order valence-electron chi connectivity index (χ1n) is 5.42. The maximum absolute atomic E-state index is 12.2. The number of carbonyl (C=O) groups excluding carboxylic acids is 1. The van der Waals surface area contributed by atoms with Crippen LogP contribution in [-0.4, -0.2) is 32.2 Å². The van der Waals surface area contributed by atoms with Crippen LogP contribution >= 0.6 is 0 Å². The van der Waals surface area contributed by atoms with Gasteiger partial charge >= 0.3 is 0 Å². The Labute approximate surface area is 94.6 Å². The summed E-state index contributed by atoms with van der Waals surface area (Å²) in [5.74, 6) is 0.128. The number of Topliss-reactive ketones (excluding diaryl/α,β-unsaturated/α-hetero) is 1. The van der Waals surface area contributed by atoms with E-state index in [1.165, 1.54) is 6.33 Å². The Morgan fingerprint density at radius 3 is 2.62 bits per heavy atom. The fourth-order valence-electron chi connectivity index (χ4n) is 2.46. The van der Waals surface area contributed by atoms with Crippen molar-refractivity contribution in [3.63, 3.8) is 0 Å². The minimum absolute atomic E-state index is 0.0203. The molecule has 1 fully saturated rings. The molecule has 1 unspecified atom stereocenters. The van der Waals surface area contributed by atoms with Gasteiger partial charge in [0.25, 0.3) is 0 Å². The molecule has 1 aliphatic heterocycles. The van der Waals surface area contributed by atoms with Gasteiger partial charge in [0.2, 0.25) is 5.78 Å². The summed E-state index contributed by atoms with van der Waals surface area (Å²) in [4.78, 5) is 16.1. The number of ether oxygens (including phenoxy) is 1. The molecule has 1 N–H and O–H groups in total. The van der Waals surface area contributed by atoms with E-state index in [-0.39, 0.29) is 17.3 Å². The van der Waals surface area contributed by atoms with Crippen LogP contribution in [0, 0.1) is 5.92 Å². The highest BCUT2D eigenvalue weighted by Crippen LogP contribution is 2.42. The Hall–Kier alpha value is -1.23. The van der Waals surface area contributed by atoms with E-state index in [9.17, 15) is 4.79 Å². The van der Waals surface area contributed by atoms with E-state index < -0.39 is 5.60 Å². The van der Waals surface area contributed by atoms with Crippen LogP contribution in [0.3, 0.4) is 0 Å². The van der Waals surface area contributed by atoms with Crippen molar-refractivity contribution >= 4 is 5.78 Å². The second kappa shape index (κ2) is 3.38. The van der Waals surface area contributed by atoms with Gasteiger partial charge in [-0.25, -0.2) is 4.98 Å². The Kier molecular flexibility index (Phi) is 2.38. The normalized spacial score (nSPS) is 26.9. The smallest absolute Gasteiger partial charge is 0.205 e. The van der Waals surface area contributed by atoms with Crippen LogP contribution < -0.4 is 0 Å². The zero-order valence-electron chi connectivity index (χ0n) is 10.1. The van der Waals surface area contributed by atoms with Gasteiger partial charge in [-0.3, -0.25) is 9.89 Å². The predicted molar refractivity (Wildman–Crippen MR) is 58.1 cm³/mol. The van der Waals surface area contributed by atoms with Crippen LogP contribution in [0.5, 0.6) is 0 Å². The molecule has 0 bridgehead atoms. The number of hydrogen-bond donors (Lipinski definition) is 1. The van der Waals surface area contributed by atoms with Crippen molar-refractivity contribution < 1.29 is 9.53 Å². The SMILES string of the molecule is CC1(C)CC(C(=O)c2ncn[nH]2)C(C)(C)O1. The van der Waals surface area contributed by atoms with Gasteiger partial charge in [0, 0.05) is 0 Å². The van der Waals surface area contributed by atoms with Gasteiger partial charge in [-0.15, -0.1) is 0 Å². The molecule has 1 saturated heterocycles. The maximum atomic E-state index is 12.2. The van der Waals surface area contributed by atoms with Crippen molar-refractivity contribution in [2.24, 2.45) is 5.92 Å². The molecule has 2 rings (SSSR count). The van der Waals surface area contributed by atoms with Crippen molar-refractivity contribution in [1.82, 2.24) is 15.2 Å². The zero-order chi connectivity index (χ0) is 12.0. The lowest BCUT2D eigenvalue weighted by Crippen LogP contribution is -2.34. The standard InChI is InChI=1S/C11H17N3O2/c1-10(2)5-7(11(3,4)16-10)8(15)9-12-6-13-14-9/h6-7H,5H2,1-4H3,(H,12,13,14).